The van der Waals surface area contributed by atoms with Gasteiger partial charge in [-0.05, 0) is 56.1 Å². The van der Waals surface area contributed by atoms with E-state index in [1.165, 1.54) is 19.0 Å². The van der Waals surface area contributed by atoms with Crippen LogP contribution in [0.15, 0.2) is 36.5 Å². The van der Waals surface area contributed by atoms with E-state index in [1.807, 2.05) is 18.2 Å². The Morgan fingerprint density at radius 1 is 1.16 bits per heavy atom. The number of pyridine rings is 1. The van der Waals surface area contributed by atoms with Crippen LogP contribution in [0, 0.1) is 0 Å². The fourth-order valence-corrected chi connectivity index (χ4v) is 4.65. The number of nitrogens with one attached hydrogen (secondary N) is 1. The highest BCUT2D eigenvalue weighted by Crippen LogP contribution is 2.23. The van der Waals surface area contributed by atoms with E-state index in [4.69, 9.17) is 4.74 Å². The molecule has 2 aromatic rings. The maximum absolute atomic E-state index is 13.4. The van der Waals surface area contributed by atoms with Crippen molar-refractivity contribution in [1.82, 2.24) is 20.1 Å². The highest BCUT2D eigenvalue weighted by molar-refractivity contribution is 6.04. The van der Waals surface area contributed by atoms with Crippen LogP contribution in [0.2, 0.25) is 0 Å². The molecule has 0 spiro atoms. The van der Waals surface area contributed by atoms with E-state index in [0.717, 1.165) is 69.0 Å². The number of likely N-dealkylation sites (N-methyl/N-ethyl adjacent to an activating group) is 2. The summed E-state index contributed by atoms with van der Waals surface area (Å²) in [4.78, 5) is 58.7. The molecule has 0 aliphatic carbocycles. The third kappa shape index (κ3) is 7.38. The Hall–Kier alpha value is -3.79. The summed E-state index contributed by atoms with van der Waals surface area (Å²) in [6.45, 7) is 4.34. The Kier molecular flexibility index (Phi) is 10.8. The number of carbonyl (C=O) groups is 4. The molecule has 1 N–H and O–H groups in total. The van der Waals surface area contributed by atoms with E-state index in [-0.39, 0.29) is 29.9 Å². The Morgan fingerprint density at radius 3 is 2.53 bits per heavy atom. The molecule has 1 aliphatic rings. The zero-order chi connectivity index (χ0) is 27.5. The Balaban J connectivity index is 1.61. The number of hydrogen-bond acceptors (Lipinski definition) is 8. The fourth-order valence-electron chi connectivity index (χ4n) is 4.65. The predicted molar refractivity (Wildman–Crippen MR) is 145 cm³/mol. The van der Waals surface area contributed by atoms with Gasteiger partial charge in [0, 0.05) is 63.6 Å². The molecule has 1 aromatic heterocycles. The third-order valence-corrected chi connectivity index (χ3v) is 6.97. The molecule has 204 valence electrons. The first-order chi connectivity index (χ1) is 18.4. The van der Waals surface area contributed by atoms with Crippen LogP contribution in [0.3, 0.4) is 0 Å². The van der Waals surface area contributed by atoms with Crippen molar-refractivity contribution >= 4 is 30.1 Å². The van der Waals surface area contributed by atoms with Crippen LogP contribution in [0.25, 0.3) is 0 Å². The lowest BCUT2D eigenvalue weighted by atomic mass is 10.0. The second-order valence-electron chi connectivity index (χ2n) is 9.30. The fraction of sp³-hybridized carbons (Fsp3) is 0.464. The number of carbonyl (C=O) groups excluding carboxylic acids is 4. The van der Waals surface area contributed by atoms with Crippen LogP contribution < -0.4 is 15.0 Å². The van der Waals surface area contributed by atoms with Crippen LogP contribution in [0.4, 0.5) is 5.69 Å². The molecule has 1 fully saturated rings. The summed E-state index contributed by atoms with van der Waals surface area (Å²) >= 11 is 0. The molecule has 3 rings (SSSR count). The van der Waals surface area contributed by atoms with Crippen LogP contribution in [0.1, 0.15) is 45.7 Å². The largest absolute Gasteiger partial charge is 0.495 e. The van der Waals surface area contributed by atoms with Gasteiger partial charge in [-0.3, -0.25) is 24.3 Å². The number of rotatable bonds is 13. The van der Waals surface area contributed by atoms with Crippen molar-refractivity contribution in [3.05, 3.63) is 53.3 Å². The molecule has 0 saturated carbocycles. The lowest BCUT2D eigenvalue weighted by molar-refractivity contribution is -0.125. The molecule has 1 saturated heterocycles. The number of anilines is 1. The second kappa shape index (κ2) is 14.2. The number of hydrogen-bond donors (Lipinski definition) is 1. The molecule has 0 radical (unpaired) electrons. The standard InChI is InChI=1S/C28H37N5O5/c1-29-27(36)26(7-5-17-34)31(2)28(37)25-18-23(10-8-21(25)20-35)33-15-13-32(14-16-33)12-4-6-22-9-11-24(38-3)19-30-22/h8-11,17-20,26H,4-7,12-16H2,1-3H3,(H,29,36). The zero-order valence-electron chi connectivity index (χ0n) is 22.4. The van der Waals surface area contributed by atoms with Gasteiger partial charge in [-0.1, -0.05) is 0 Å². The molecule has 1 aromatic carbocycles. The number of benzene rings is 1. The molecule has 2 amide bonds. The van der Waals surface area contributed by atoms with E-state index in [1.54, 1.807) is 25.4 Å². The summed E-state index contributed by atoms with van der Waals surface area (Å²) in [7, 11) is 4.64. The highest BCUT2D eigenvalue weighted by atomic mass is 16.5. The molecule has 0 bridgehead atoms. The quantitative estimate of drug-likeness (QED) is 0.396. The van der Waals surface area contributed by atoms with Crippen molar-refractivity contribution in [2.45, 2.75) is 31.7 Å². The van der Waals surface area contributed by atoms with Crippen LogP contribution in [-0.4, -0.2) is 99.1 Å². The maximum Gasteiger partial charge on any atom is 0.255 e. The molecule has 10 heteroatoms. The van der Waals surface area contributed by atoms with Gasteiger partial charge in [0.1, 0.15) is 18.1 Å². The van der Waals surface area contributed by atoms with Crippen molar-refractivity contribution < 1.29 is 23.9 Å². The summed E-state index contributed by atoms with van der Waals surface area (Å²) in [6, 6.07) is 8.35. The number of aldehydes is 2. The summed E-state index contributed by atoms with van der Waals surface area (Å²) in [5.74, 6) is -0.0312. The number of piperazine rings is 1. The van der Waals surface area contributed by atoms with E-state index >= 15 is 0 Å². The second-order valence-corrected chi connectivity index (χ2v) is 9.30. The van der Waals surface area contributed by atoms with Crippen molar-refractivity contribution in [3.8, 4) is 5.75 Å². The number of aryl methyl sites for hydroxylation is 1. The molecular weight excluding hydrogens is 486 g/mol. The molecule has 1 atom stereocenters. The number of methoxy groups -OCH3 is 1. The summed E-state index contributed by atoms with van der Waals surface area (Å²) in [5, 5.41) is 2.55. The lowest BCUT2D eigenvalue weighted by Gasteiger charge is -2.36. The van der Waals surface area contributed by atoms with Crippen LogP contribution >= 0.6 is 0 Å². The van der Waals surface area contributed by atoms with E-state index in [2.05, 4.69) is 20.1 Å². The minimum absolute atomic E-state index is 0.150. The van der Waals surface area contributed by atoms with E-state index in [9.17, 15) is 19.2 Å². The first-order valence-corrected chi connectivity index (χ1v) is 12.9. The first-order valence-electron chi connectivity index (χ1n) is 12.9. The molecular formula is C28H37N5O5. The average Bonchev–Trinajstić information content (AvgIpc) is 2.97. The Bertz CT molecular complexity index is 1100. The third-order valence-electron chi connectivity index (χ3n) is 6.97. The van der Waals surface area contributed by atoms with E-state index in [0.29, 0.717) is 6.29 Å². The minimum Gasteiger partial charge on any atom is -0.495 e. The summed E-state index contributed by atoms with van der Waals surface area (Å²) in [6.07, 6.45) is 5.39. The van der Waals surface area contributed by atoms with Crippen molar-refractivity contribution in [2.75, 3.05) is 58.8 Å². The van der Waals surface area contributed by atoms with Gasteiger partial charge < -0.3 is 24.6 Å². The summed E-state index contributed by atoms with van der Waals surface area (Å²) < 4.78 is 5.16. The smallest absolute Gasteiger partial charge is 0.255 e. The van der Waals surface area contributed by atoms with E-state index < -0.39 is 11.9 Å². The van der Waals surface area contributed by atoms with Gasteiger partial charge in [0.05, 0.1) is 18.9 Å². The van der Waals surface area contributed by atoms with Crippen molar-refractivity contribution in [3.63, 3.8) is 0 Å². The molecule has 38 heavy (non-hydrogen) atoms. The molecule has 1 aliphatic heterocycles. The zero-order valence-corrected chi connectivity index (χ0v) is 22.4. The van der Waals surface area contributed by atoms with Gasteiger partial charge in [0.2, 0.25) is 5.91 Å². The number of nitrogens with zero attached hydrogens (tertiary/aromatic N) is 4. The van der Waals surface area contributed by atoms with Crippen molar-refractivity contribution in [2.24, 2.45) is 0 Å². The molecule has 2 heterocycles. The van der Waals surface area contributed by atoms with Crippen molar-refractivity contribution in [1.29, 1.82) is 0 Å². The lowest BCUT2D eigenvalue weighted by Crippen LogP contribution is -2.47. The van der Waals surface area contributed by atoms with Gasteiger partial charge in [-0.2, -0.15) is 0 Å². The first kappa shape index (κ1) is 28.8. The number of ether oxygens (including phenoxy) is 1. The number of aromatic nitrogens is 1. The SMILES string of the molecule is CNC(=O)C(CCC=O)N(C)C(=O)c1cc(N2CCN(CCCc3ccc(OC)cn3)CC2)ccc1C=O. The minimum atomic E-state index is -0.808. The maximum atomic E-state index is 13.4. The summed E-state index contributed by atoms with van der Waals surface area (Å²) in [5.41, 5.74) is 2.42. The number of amides is 2. The van der Waals surface area contributed by atoms with Crippen LogP contribution in [0.5, 0.6) is 5.75 Å². The average molecular weight is 524 g/mol. The Labute approximate surface area is 223 Å². The predicted octanol–water partition coefficient (Wildman–Crippen LogP) is 1.82. The van der Waals surface area contributed by atoms with Crippen LogP contribution in [-0.2, 0) is 16.0 Å². The normalized spacial score (nSPS) is 14.4. The van der Waals surface area contributed by atoms with Gasteiger partial charge in [0.15, 0.2) is 6.29 Å². The van der Waals surface area contributed by atoms with Gasteiger partial charge in [-0.25, -0.2) is 0 Å². The van der Waals surface area contributed by atoms with Gasteiger partial charge in [-0.15, -0.1) is 0 Å². The highest BCUT2D eigenvalue weighted by Gasteiger charge is 2.28. The van der Waals surface area contributed by atoms with Gasteiger partial charge >= 0.3 is 0 Å². The van der Waals surface area contributed by atoms with Gasteiger partial charge in [0.25, 0.3) is 5.91 Å². The topological polar surface area (TPSA) is 112 Å². The monoisotopic (exact) mass is 523 g/mol. The molecule has 1 unspecified atom stereocenters. The Morgan fingerprint density at radius 2 is 1.92 bits per heavy atom. The molecule has 10 nitrogen and oxygen atoms in total.